The molecule has 0 aromatic heterocycles. The van der Waals surface area contributed by atoms with E-state index >= 15 is 0 Å². The average Bonchev–Trinajstić information content (AvgIpc) is 2.30. The van der Waals surface area contributed by atoms with E-state index in [4.69, 9.17) is 0 Å². The standard InChI is InChI=1S/C78H60/c1-4-9-37-14-17-41(18-15-37)78(54-30-35(2)11-19-42(54)43-20-12-36(3)31-55(43)78)29-8-6-5-7-10-38-13-16-39-33-52-53(34-40(39)32-38)57-51-28-26-49-47-24-22-45-44-21-23-46-48-25-27-50-56(52)66-67(57)72-65(51)63(49)70-61(47)59(45)68-58(44)60(46)69-62(48)64(50)71(66)76-74(69)73(68)75(70)77(72)76/h11-28,30-32,47,49,51-53,56,61,63,65-66H,4-10,29,33-34H2,1-3H3. The number of hydrogen-bond donors (Lipinski definition) is 0. The van der Waals surface area contributed by atoms with Crippen molar-refractivity contribution in [3.8, 4) is 11.1 Å². The van der Waals surface area contributed by atoms with E-state index in [0.29, 0.717) is 59.2 Å². The van der Waals surface area contributed by atoms with Crippen molar-refractivity contribution in [2.24, 2.45) is 41.4 Å². The summed E-state index contributed by atoms with van der Waals surface area (Å²) in [7, 11) is 0. The SMILES string of the molecule is CCCc1ccc(C2(CCCCCCc3ccc4c(c3)CC3C5=C6C7=c8c9c%10c%11c%12c(c%13ccc%14c%15ccc%16c%17c(c8c%10c(c%17%15)c%14c%13%11)C6C%16C3C4)C=CC3C%12C=9C4C3C=CC5C74)c3cc(C)ccc3-c3ccc(C)cc32)cc1. The van der Waals surface area contributed by atoms with Crippen LogP contribution in [0.15, 0.2) is 133 Å². The third kappa shape index (κ3) is 4.16. The van der Waals surface area contributed by atoms with Crippen LogP contribution in [0.25, 0.3) is 93.0 Å². The van der Waals surface area contributed by atoms with Gasteiger partial charge in [-0.2, -0.15) is 0 Å². The summed E-state index contributed by atoms with van der Waals surface area (Å²) in [6.45, 7) is 6.87. The Labute approximate surface area is 455 Å². The summed E-state index contributed by atoms with van der Waals surface area (Å²) < 4.78 is 0. The highest BCUT2D eigenvalue weighted by molar-refractivity contribution is 6.51. The molecule has 0 spiro atoms. The van der Waals surface area contributed by atoms with Crippen LogP contribution in [-0.4, -0.2) is 0 Å². The lowest BCUT2D eigenvalue weighted by molar-refractivity contribution is 0.241. The molecule has 0 heteroatoms. The number of rotatable bonds is 10. The van der Waals surface area contributed by atoms with Crippen LogP contribution in [0.4, 0.5) is 0 Å². The lowest BCUT2D eigenvalue weighted by Crippen LogP contribution is -2.43. The van der Waals surface area contributed by atoms with Crippen LogP contribution in [0, 0.1) is 55.3 Å². The molecule has 1 saturated carbocycles. The molecule has 11 aromatic rings. The lowest BCUT2D eigenvalue weighted by Gasteiger charge is -2.47. The van der Waals surface area contributed by atoms with Gasteiger partial charge in [0.1, 0.15) is 0 Å². The first-order chi connectivity index (χ1) is 38.5. The smallest absolute Gasteiger partial charge is 0.0463 e. The Morgan fingerprint density at radius 2 is 1.26 bits per heavy atom. The highest BCUT2D eigenvalue weighted by atomic mass is 14.7. The van der Waals surface area contributed by atoms with Gasteiger partial charge in [0.2, 0.25) is 0 Å². The molecule has 0 aliphatic heterocycles. The summed E-state index contributed by atoms with van der Waals surface area (Å²) in [6.07, 6.45) is 23.2. The highest BCUT2D eigenvalue weighted by Crippen LogP contribution is 2.76. The second-order valence-electron chi connectivity index (χ2n) is 27.6. The first-order valence-corrected chi connectivity index (χ1v) is 30.9. The molecule has 10 unspecified atom stereocenters. The van der Waals surface area contributed by atoms with E-state index in [0.717, 1.165) is 12.8 Å². The molecule has 0 radical (unpaired) electrons. The van der Waals surface area contributed by atoms with E-state index in [2.05, 4.69) is 148 Å². The van der Waals surface area contributed by atoms with Crippen molar-refractivity contribution < 1.29 is 0 Å². The molecule has 372 valence electrons. The zero-order valence-corrected chi connectivity index (χ0v) is 45.0. The number of aryl methyl sites for hydroxylation is 4. The topological polar surface area (TPSA) is 0 Å². The van der Waals surface area contributed by atoms with E-state index in [-0.39, 0.29) is 5.41 Å². The maximum Gasteiger partial charge on any atom is 0.0463 e. The summed E-state index contributed by atoms with van der Waals surface area (Å²) in [5.41, 5.74) is 30.8. The minimum absolute atomic E-state index is 0.115. The molecule has 10 atom stereocenters. The van der Waals surface area contributed by atoms with Crippen molar-refractivity contribution in [2.75, 3.05) is 0 Å². The number of hydrogen-bond acceptors (Lipinski definition) is 0. The van der Waals surface area contributed by atoms with Crippen LogP contribution in [0.5, 0.6) is 0 Å². The van der Waals surface area contributed by atoms with Gasteiger partial charge in [-0.05, 0) is 252 Å². The van der Waals surface area contributed by atoms with Gasteiger partial charge >= 0.3 is 0 Å². The van der Waals surface area contributed by atoms with Crippen LogP contribution < -0.4 is 10.4 Å². The van der Waals surface area contributed by atoms with Crippen molar-refractivity contribution in [3.63, 3.8) is 0 Å². The maximum atomic E-state index is 2.85. The first-order valence-electron chi connectivity index (χ1n) is 30.9. The molecule has 0 heterocycles. The normalized spacial score (nSPS) is 28.1. The summed E-state index contributed by atoms with van der Waals surface area (Å²) in [5.74, 6) is 5.81. The molecule has 0 nitrogen and oxygen atoms in total. The number of benzene rings is 8. The molecular formula is C78H60. The summed E-state index contributed by atoms with van der Waals surface area (Å²) in [4.78, 5) is 0. The minimum Gasteiger partial charge on any atom is -0.0836 e. The van der Waals surface area contributed by atoms with Crippen molar-refractivity contribution in [2.45, 2.75) is 108 Å². The summed E-state index contributed by atoms with van der Waals surface area (Å²) >= 11 is 0. The van der Waals surface area contributed by atoms with Gasteiger partial charge in [0.15, 0.2) is 0 Å². The van der Waals surface area contributed by atoms with E-state index in [9.17, 15) is 0 Å². The van der Waals surface area contributed by atoms with Crippen LogP contribution >= 0.6 is 0 Å². The largest absolute Gasteiger partial charge is 0.0836 e. The van der Waals surface area contributed by atoms with Gasteiger partial charge in [0.05, 0.1) is 0 Å². The molecule has 0 bridgehead atoms. The molecular weight excluding hydrogens is 937 g/mol. The van der Waals surface area contributed by atoms with Gasteiger partial charge in [0.25, 0.3) is 0 Å². The Hall–Kier alpha value is -7.02. The molecule has 78 heavy (non-hydrogen) atoms. The van der Waals surface area contributed by atoms with E-state index < -0.39 is 0 Å². The van der Waals surface area contributed by atoms with Crippen LogP contribution in [0.2, 0.25) is 0 Å². The Balaban J connectivity index is 0.634. The summed E-state index contributed by atoms with van der Waals surface area (Å²) in [6, 6.07) is 42.7. The highest BCUT2D eigenvalue weighted by Gasteiger charge is 2.65. The Bertz CT molecular complexity index is 4890. The Morgan fingerprint density at radius 3 is 2.09 bits per heavy atom. The Morgan fingerprint density at radius 1 is 0.500 bits per heavy atom. The minimum atomic E-state index is -0.115. The molecule has 22 rings (SSSR count). The second kappa shape index (κ2) is 13.2. The zero-order valence-electron chi connectivity index (χ0n) is 45.0. The molecule has 0 amide bonds. The van der Waals surface area contributed by atoms with Crippen molar-refractivity contribution in [1.82, 2.24) is 0 Å². The molecule has 0 N–H and O–H groups in total. The molecule has 11 aliphatic carbocycles. The van der Waals surface area contributed by atoms with Crippen LogP contribution in [0.3, 0.4) is 0 Å². The van der Waals surface area contributed by atoms with Gasteiger partial charge in [0, 0.05) is 29.1 Å². The fraction of sp³-hybridized carbons (Fsp3) is 0.308. The van der Waals surface area contributed by atoms with Crippen molar-refractivity contribution in [1.29, 1.82) is 0 Å². The first kappa shape index (κ1) is 41.1. The van der Waals surface area contributed by atoms with Crippen molar-refractivity contribution >= 4 is 81.9 Å². The fourth-order valence-corrected chi connectivity index (χ4v) is 22.5. The van der Waals surface area contributed by atoms with Crippen molar-refractivity contribution in [3.05, 3.63) is 215 Å². The number of allylic oxidation sites excluding steroid dienone is 5. The molecule has 11 aliphatic rings. The molecule has 1 fully saturated rings. The monoisotopic (exact) mass is 996 g/mol. The predicted molar refractivity (Wildman–Crippen MR) is 322 cm³/mol. The molecule has 11 aromatic carbocycles. The van der Waals surface area contributed by atoms with E-state index in [1.54, 1.807) is 97.9 Å². The second-order valence-corrected chi connectivity index (χ2v) is 27.6. The number of fused-ring (bicyclic) bond motifs is 12. The van der Waals surface area contributed by atoms with Crippen LogP contribution in [0.1, 0.15) is 136 Å². The Kier molecular flexibility index (Phi) is 6.94. The van der Waals surface area contributed by atoms with Gasteiger partial charge in [-0.1, -0.05) is 177 Å². The average molecular weight is 997 g/mol. The molecule has 0 saturated heterocycles. The van der Waals surface area contributed by atoms with E-state index in [1.807, 2.05) is 22.3 Å². The van der Waals surface area contributed by atoms with Gasteiger partial charge in [-0.25, -0.2) is 0 Å². The van der Waals surface area contributed by atoms with Gasteiger partial charge in [-0.15, -0.1) is 0 Å². The maximum absolute atomic E-state index is 2.85. The zero-order chi connectivity index (χ0) is 50.2. The third-order valence-corrected chi connectivity index (χ3v) is 24.7. The summed E-state index contributed by atoms with van der Waals surface area (Å²) in [5, 5.41) is 23.2. The predicted octanol–water partition coefficient (Wildman–Crippen LogP) is 17.1. The van der Waals surface area contributed by atoms with Gasteiger partial charge < -0.3 is 0 Å². The fourth-order valence-electron chi connectivity index (χ4n) is 22.5. The van der Waals surface area contributed by atoms with E-state index in [1.165, 1.54) is 112 Å². The van der Waals surface area contributed by atoms with Crippen LogP contribution in [-0.2, 0) is 31.1 Å². The quantitative estimate of drug-likeness (QED) is 0.0728. The number of unbranched alkanes of at least 4 members (excludes halogenated alkanes) is 3. The van der Waals surface area contributed by atoms with Gasteiger partial charge in [-0.3, -0.25) is 0 Å². The third-order valence-electron chi connectivity index (χ3n) is 24.7. The lowest BCUT2D eigenvalue weighted by atomic mass is 9.56.